The lowest BCUT2D eigenvalue weighted by Gasteiger charge is -2.19. The zero-order valence-electron chi connectivity index (χ0n) is 14.4. The van der Waals surface area contributed by atoms with Crippen LogP contribution in [-0.2, 0) is 11.3 Å². The normalized spacial score (nSPS) is 11.8. The smallest absolute Gasteiger partial charge is 0.246 e. The van der Waals surface area contributed by atoms with Gasteiger partial charge in [-0.3, -0.25) is 15.1 Å². The quantitative estimate of drug-likeness (QED) is 0.675. The van der Waals surface area contributed by atoms with Gasteiger partial charge in [0.05, 0.1) is 5.69 Å². The summed E-state index contributed by atoms with van der Waals surface area (Å²) >= 11 is 6.16. The molecule has 0 spiro atoms. The number of hydrogen-bond donors (Lipinski definition) is 2. The fourth-order valence-corrected chi connectivity index (χ4v) is 2.78. The van der Waals surface area contributed by atoms with E-state index in [2.05, 4.69) is 15.6 Å². The SMILES string of the molecule is Cc1ccc(NC(=O)C(NCc2ccccn2)c2ccccc2)cc1Cl. The number of hydrogen-bond acceptors (Lipinski definition) is 3. The highest BCUT2D eigenvalue weighted by atomic mass is 35.5. The number of pyridine rings is 1. The lowest BCUT2D eigenvalue weighted by atomic mass is 10.1. The van der Waals surface area contributed by atoms with Crippen molar-refractivity contribution in [1.29, 1.82) is 0 Å². The van der Waals surface area contributed by atoms with Crippen LogP contribution in [0, 0.1) is 6.92 Å². The van der Waals surface area contributed by atoms with Crippen molar-refractivity contribution in [2.75, 3.05) is 5.32 Å². The van der Waals surface area contributed by atoms with Gasteiger partial charge in [-0.15, -0.1) is 0 Å². The number of carbonyl (C=O) groups excluding carboxylic acids is 1. The standard InChI is InChI=1S/C21H20ClN3O/c1-15-10-11-17(13-19(15)22)25-21(26)20(16-7-3-2-4-8-16)24-14-18-9-5-6-12-23-18/h2-13,20,24H,14H2,1H3,(H,25,26). The summed E-state index contributed by atoms with van der Waals surface area (Å²) in [5.41, 5.74) is 3.41. The lowest BCUT2D eigenvalue weighted by Crippen LogP contribution is -2.33. The van der Waals surface area contributed by atoms with Crippen LogP contribution in [0.4, 0.5) is 5.69 Å². The minimum atomic E-state index is -0.502. The molecule has 1 atom stereocenters. The van der Waals surface area contributed by atoms with E-state index in [1.54, 1.807) is 12.3 Å². The molecule has 1 amide bonds. The summed E-state index contributed by atoms with van der Waals surface area (Å²) in [6.07, 6.45) is 1.74. The molecular formula is C21H20ClN3O. The molecule has 2 aromatic carbocycles. The Morgan fingerprint density at radius 1 is 1.08 bits per heavy atom. The van der Waals surface area contributed by atoms with E-state index in [-0.39, 0.29) is 5.91 Å². The summed E-state index contributed by atoms with van der Waals surface area (Å²) in [5, 5.41) is 6.85. The Kier molecular flexibility index (Phi) is 6.00. The Labute approximate surface area is 158 Å². The summed E-state index contributed by atoms with van der Waals surface area (Å²) in [6.45, 7) is 2.41. The van der Waals surface area contributed by atoms with Crippen molar-refractivity contribution in [3.8, 4) is 0 Å². The van der Waals surface area contributed by atoms with Gasteiger partial charge in [0.1, 0.15) is 6.04 Å². The molecular weight excluding hydrogens is 346 g/mol. The van der Waals surface area contributed by atoms with Gasteiger partial charge < -0.3 is 5.32 Å². The van der Waals surface area contributed by atoms with E-state index in [4.69, 9.17) is 11.6 Å². The van der Waals surface area contributed by atoms with E-state index in [9.17, 15) is 4.79 Å². The van der Waals surface area contributed by atoms with Crippen molar-refractivity contribution in [3.05, 3.63) is 94.8 Å². The van der Waals surface area contributed by atoms with Crippen LogP contribution in [0.15, 0.2) is 72.9 Å². The Bertz CT molecular complexity index is 869. The van der Waals surface area contributed by atoms with E-state index in [0.29, 0.717) is 17.3 Å². The lowest BCUT2D eigenvalue weighted by molar-refractivity contribution is -0.118. The summed E-state index contributed by atoms with van der Waals surface area (Å²) < 4.78 is 0. The molecule has 5 heteroatoms. The maximum Gasteiger partial charge on any atom is 0.246 e. The Morgan fingerprint density at radius 2 is 1.85 bits per heavy atom. The Hall–Kier alpha value is -2.69. The summed E-state index contributed by atoms with van der Waals surface area (Å²) in [7, 11) is 0. The number of rotatable bonds is 6. The number of halogens is 1. The maximum atomic E-state index is 12.9. The first-order valence-corrected chi connectivity index (χ1v) is 8.76. The first-order valence-electron chi connectivity index (χ1n) is 8.39. The summed E-state index contributed by atoms with van der Waals surface area (Å²) in [6, 6.07) is 20.3. The van der Waals surface area contributed by atoms with Crippen LogP contribution < -0.4 is 10.6 Å². The molecule has 0 radical (unpaired) electrons. The minimum absolute atomic E-state index is 0.146. The number of benzene rings is 2. The van der Waals surface area contributed by atoms with E-state index < -0.39 is 6.04 Å². The van der Waals surface area contributed by atoms with Crippen molar-refractivity contribution in [1.82, 2.24) is 10.3 Å². The third-order valence-corrected chi connectivity index (χ3v) is 4.46. The van der Waals surface area contributed by atoms with Gasteiger partial charge in [-0.25, -0.2) is 0 Å². The average molecular weight is 366 g/mol. The molecule has 0 saturated heterocycles. The largest absolute Gasteiger partial charge is 0.324 e. The van der Waals surface area contributed by atoms with Gasteiger partial charge in [0.15, 0.2) is 0 Å². The molecule has 0 aliphatic carbocycles. The number of nitrogens with one attached hydrogen (secondary N) is 2. The van der Waals surface area contributed by atoms with Crippen LogP contribution in [0.25, 0.3) is 0 Å². The highest BCUT2D eigenvalue weighted by molar-refractivity contribution is 6.31. The number of carbonyl (C=O) groups is 1. The van der Waals surface area contributed by atoms with Gasteiger partial charge in [-0.05, 0) is 42.3 Å². The third kappa shape index (κ3) is 4.69. The molecule has 0 aliphatic heterocycles. The van der Waals surface area contributed by atoms with E-state index in [0.717, 1.165) is 16.8 Å². The first-order chi connectivity index (χ1) is 12.6. The molecule has 3 aromatic rings. The number of aromatic nitrogens is 1. The number of anilines is 1. The minimum Gasteiger partial charge on any atom is -0.324 e. The topological polar surface area (TPSA) is 54.0 Å². The van der Waals surface area contributed by atoms with Crippen LogP contribution in [0.3, 0.4) is 0 Å². The maximum absolute atomic E-state index is 12.9. The predicted octanol–water partition coefficient (Wildman–Crippen LogP) is 4.51. The van der Waals surface area contributed by atoms with Crippen LogP contribution >= 0.6 is 11.6 Å². The zero-order chi connectivity index (χ0) is 18.4. The molecule has 3 rings (SSSR count). The monoisotopic (exact) mass is 365 g/mol. The second-order valence-corrected chi connectivity index (χ2v) is 6.41. The Morgan fingerprint density at radius 3 is 2.54 bits per heavy atom. The van der Waals surface area contributed by atoms with Gasteiger partial charge >= 0.3 is 0 Å². The van der Waals surface area contributed by atoms with Gasteiger partial charge in [0.2, 0.25) is 5.91 Å². The van der Waals surface area contributed by atoms with Gasteiger partial charge in [-0.2, -0.15) is 0 Å². The highest BCUT2D eigenvalue weighted by Crippen LogP contribution is 2.22. The molecule has 0 bridgehead atoms. The van der Waals surface area contributed by atoms with Crippen molar-refractivity contribution < 1.29 is 4.79 Å². The number of aryl methyl sites for hydroxylation is 1. The van der Waals surface area contributed by atoms with Crippen molar-refractivity contribution in [2.45, 2.75) is 19.5 Å². The van der Waals surface area contributed by atoms with E-state index in [1.807, 2.05) is 67.6 Å². The van der Waals surface area contributed by atoms with Crippen LogP contribution in [-0.4, -0.2) is 10.9 Å². The summed E-state index contributed by atoms with van der Waals surface area (Å²) in [5.74, 6) is -0.146. The molecule has 0 fully saturated rings. The number of amides is 1. The van der Waals surface area contributed by atoms with Crippen molar-refractivity contribution in [2.24, 2.45) is 0 Å². The molecule has 132 valence electrons. The van der Waals surface area contributed by atoms with Gasteiger partial charge in [0, 0.05) is 23.5 Å². The van der Waals surface area contributed by atoms with Crippen molar-refractivity contribution >= 4 is 23.2 Å². The van der Waals surface area contributed by atoms with E-state index >= 15 is 0 Å². The average Bonchev–Trinajstić information content (AvgIpc) is 2.67. The molecule has 0 aliphatic rings. The molecule has 1 unspecified atom stereocenters. The predicted molar refractivity (Wildman–Crippen MR) is 105 cm³/mol. The first kappa shape index (κ1) is 18.1. The molecule has 26 heavy (non-hydrogen) atoms. The fourth-order valence-electron chi connectivity index (χ4n) is 2.60. The second kappa shape index (κ2) is 8.61. The van der Waals surface area contributed by atoms with Crippen LogP contribution in [0.2, 0.25) is 5.02 Å². The molecule has 0 saturated carbocycles. The van der Waals surface area contributed by atoms with Crippen molar-refractivity contribution in [3.63, 3.8) is 0 Å². The Balaban J connectivity index is 1.77. The zero-order valence-corrected chi connectivity index (χ0v) is 15.2. The molecule has 1 aromatic heterocycles. The number of nitrogens with zero attached hydrogens (tertiary/aromatic N) is 1. The van der Waals surface area contributed by atoms with Crippen LogP contribution in [0.1, 0.15) is 22.9 Å². The summed E-state index contributed by atoms with van der Waals surface area (Å²) in [4.78, 5) is 17.2. The second-order valence-electron chi connectivity index (χ2n) is 6.00. The van der Waals surface area contributed by atoms with Gasteiger partial charge in [0.25, 0.3) is 0 Å². The molecule has 2 N–H and O–H groups in total. The van der Waals surface area contributed by atoms with E-state index in [1.165, 1.54) is 0 Å². The third-order valence-electron chi connectivity index (χ3n) is 4.05. The van der Waals surface area contributed by atoms with Gasteiger partial charge in [-0.1, -0.05) is 54.1 Å². The molecule has 1 heterocycles. The molecule has 4 nitrogen and oxygen atoms in total. The fraction of sp³-hybridized carbons (Fsp3) is 0.143. The highest BCUT2D eigenvalue weighted by Gasteiger charge is 2.20. The van der Waals surface area contributed by atoms with Crippen LogP contribution in [0.5, 0.6) is 0 Å².